The van der Waals surface area contributed by atoms with E-state index in [2.05, 4.69) is 15.5 Å². The van der Waals surface area contributed by atoms with Crippen LogP contribution in [0.1, 0.15) is 34.1 Å². The normalized spacial score (nSPS) is 14.4. The molecular formula is C10H19N3O. The van der Waals surface area contributed by atoms with E-state index in [-0.39, 0.29) is 11.8 Å². The minimum absolute atomic E-state index is 0.0671. The fraction of sp³-hybridized carbons (Fsp3) is 0.700. The van der Waals surface area contributed by atoms with Gasteiger partial charge in [0.05, 0.1) is 12.3 Å². The molecule has 0 aromatic heterocycles. The van der Waals surface area contributed by atoms with Crippen molar-refractivity contribution in [3.63, 3.8) is 0 Å². The third kappa shape index (κ3) is 5.45. The van der Waals surface area contributed by atoms with Crippen LogP contribution in [0.3, 0.4) is 0 Å². The average Bonchev–Trinajstić information content (AvgIpc) is 2.21. The quantitative estimate of drug-likeness (QED) is 0.528. The van der Waals surface area contributed by atoms with Crippen molar-refractivity contribution in [2.45, 2.75) is 34.1 Å². The van der Waals surface area contributed by atoms with E-state index >= 15 is 0 Å². The fourth-order valence-electron chi connectivity index (χ4n) is 0.766. The maximum Gasteiger partial charge on any atom is 0.223 e. The summed E-state index contributed by atoms with van der Waals surface area (Å²) in [7, 11) is 0. The molecule has 0 aliphatic carbocycles. The first-order valence-corrected chi connectivity index (χ1v) is 4.90. The molecule has 4 heteroatoms. The van der Waals surface area contributed by atoms with Gasteiger partial charge in [0.25, 0.3) is 0 Å². The highest BCUT2D eigenvalue weighted by atomic mass is 16.1. The SMILES string of the molecule is C/C=N\N=C(/C)CNC(=O)C(C)CC. The van der Waals surface area contributed by atoms with E-state index in [0.29, 0.717) is 6.54 Å². The monoisotopic (exact) mass is 197 g/mol. The number of amides is 1. The van der Waals surface area contributed by atoms with Crippen LogP contribution in [0, 0.1) is 5.92 Å². The van der Waals surface area contributed by atoms with E-state index < -0.39 is 0 Å². The number of carbonyl (C=O) groups excluding carboxylic acids is 1. The summed E-state index contributed by atoms with van der Waals surface area (Å²) in [4.78, 5) is 11.3. The van der Waals surface area contributed by atoms with Crippen molar-refractivity contribution in [3.8, 4) is 0 Å². The van der Waals surface area contributed by atoms with Crippen LogP contribution in [0.4, 0.5) is 0 Å². The van der Waals surface area contributed by atoms with Gasteiger partial charge in [-0.1, -0.05) is 13.8 Å². The Hall–Kier alpha value is -1.19. The average molecular weight is 197 g/mol. The topological polar surface area (TPSA) is 53.8 Å². The Morgan fingerprint density at radius 1 is 1.57 bits per heavy atom. The number of rotatable bonds is 5. The van der Waals surface area contributed by atoms with Gasteiger partial charge in [-0.05, 0) is 20.3 Å². The number of hydrogen-bond donors (Lipinski definition) is 1. The van der Waals surface area contributed by atoms with E-state index in [1.165, 1.54) is 0 Å². The molecule has 0 aliphatic heterocycles. The van der Waals surface area contributed by atoms with Crippen LogP contribution in [-0.2, 0) is 4.79 Å². The molecule has 0 aromatic carbocycles. The zero-order valence-electron chi connectivity index (χ0n) is 9.37. The zero-order valence-corrected chi connectivity index (χ0v) is 9.37. The Balaban J connectivity index is 3.88. The molecular weight excluding hydrogens is 178 g/mol. The summed E-state index contributed by atoms with van der Waals surface area (Å²) in [5.41, 5.74) is 0.805. The molecule has 0 saturated heterocycles. The predicted octanol–water partition coefficient (Wildman–Crippen LogP) is 1.62. The lowest BCUT2D eigenvalue weighted by Gasteiger charge is -2.08. The van der Waals surface area contributed by atoms with Gasteiger partial charge in [0.1, 0.15) is 0 Å². The van der Waals surface area contributed by atoms with Crippen LogP contribution >= 0.6 is 0 Å². The van der Waals surface area contributed by atoms with Crippen molar-refractivity contribution in [2.75, 3.05) is 6.54 Å². The van der Waals surface area contributed by atoms with Crippen molar-refractivity contribution in [1.29, 1.82) is 0 Å². The van der Waals surface area contributed by atoms with Gasteiger partial charge in [-0.3, -0.25) is 4.79 Å². The molecule has 80 valence electrons. The van der Waals surface area contributed by atoms with Crippen molar-refractivity contribution >= 4 is 17.8 Å². The molecule has 0 saturated carbocycles. The van der Waals surface area contributed by atoms with Crippen LogP contribution in [0.15, 0.2) is 10.2 Å². The van der Waals surface area contributed by atoms with E-state index in [4.69, 9.17) is 0 Å². The summed E-state index contributed by atoms with van der Waals surface area (Å²) in [6.07, 6.45) is 2.47. The van der Waals surface area contributed by atoms with Crippen LogP contribution in [0.5, 0.6) is 0 Å². The van der Waals surface area contributed by atoms with E-state index in [0.717, 1.165) is 12.1 Å². The Kier molecular flexibility index (Phi) is 6.62. The van der Waals surface area contributed by atoms with Gasteiger partial charge in [-0.2, -0.15) is 10.2 Å². The molecule has 0 radical (unpaired) electrons. The molecule has 0 fully saturated rings. The van der Waals surface area contributed by atoms with Crippen molar-refractivity contribution < 1.29 is 4.79 Å². The first-order valence-electron chi connectivity index (χ1n) is 4.90. The zero-order chi connectivity index (χ0) is 11.0. The van der Waals surface area contributed by atoms with Gasteiger partial charge >= 0.3 is 0 Å². The number of nitrogens with one attached hydrogen (secondary N) is 1. The summed E-state index contributed by atoms with van der Waals surface area (Å²) in [6, 6.07) is 0. The maximum atomic E-state index is 11.3. The van der Waals surface area contributed by atoms with Gasteiger partial charge in [0.15, 0.2) is 0 Å². The lowest BCUT2D eigenvalue weighted by atomic mass is 10.1. The van der Waals surface area contributed by atoms with Crippen LogP contribution in [0.2, 0.25) is 0 Å². The number of carbonyl (C=O) groups is 1. The molecule has 0 aliphatic rings. The Bertz CT molecular complexity index is 234. The van der Waals surface area contributed by atoms with Crippen molar-refractivity contribution in [3.05, 3.63) is 0 Å². The molecule has 1 atom stereocenters. The summed E-state index contributed by atoms with van der Waals surface area (Å²) in [5, 5.41) is 10.4. The van der Waals surface area contributed by atoms with Gasteiger partial charge in [-0.15, -0.1) is 0 Å². The molecule has 1 N–H and O–H groups in total. The largest absolute Gasteiger partial charge is 0.351 e. The number of hydrogen-bond acceptors (Lipinski definition) is 3. The van der Waals surface area contributed by atoms with Crippen molar-refractivity contribution in [2.24, 2.45) is 16.1 Å². The van der Waals surface area contributed by atoms with Crippen LogP contribution in [0.25, 0.3) is 0 Å². The predicted molar refractivity (Wildman–Crippen MR) is 59.7 cm³/mol. The minimum Gasteiger partial charge on any atom is -0.351 e. The van der Waals surface area contributed by atoms with Gasteiger partial charge in [-0.25, -0.2) is 0 Å². The van der Waals surface area contributed by atoms with E-state index in [9.17, 15) is 4.79 Å². The summed E-state index contributed by atoms with van der Waals surface area (Å²) in [5.74, 6) is 0.139. The Morgan fingerprint density at radius 3 is 2.71 bits per heavy atom. The van der Waals surface area contributed by atoms with E-state index in [1.54, 1.807) is 13.1 Å². The first-order chi connectivity index (χ1) is 6.61. The highest BCUT2D eigenvalue weighted by molar-refractivity contribution is 5.88. The molecule has 4 nitrogen and oxygen atoms in total. The summed E-state index contributed by atoms with van der Waals surface area (Å²) >= 11 is 0. The fourth-order valence-corrected chi connectivity index (χ4v) is 0.766. The summed E-state index contributed by atoms with van der Waals surface area (Å²) in [6.45, 7) is 8.01. The standard InChI is InChI=1S/C10H19N3O/c1-5-8(3)10(14)11-7-9(4)13-12-6-2/h6,8H,5,7H2,1-4H3,(H,11,14)/b12-6-,13-9+. The number of nitrogens with zero attached hydrogens (tertiary/aromatic N) is 2. The molecule has 0 aromatic rings. The molecule has 1 amide bonds. The smallest absolute Gasteiger partial charge is 0.223 e. The third-order valence-corrected chi connectivity index (χ3v) is 1.92. The lowest BCUT2D eigenvalue weighted by molar-refractivity contribution is -0.124. The molecule has 0 bridgehead atoms. The molecule has 0 spiro atoms. The second kappa shape index (κ2) is 7.24. The highest BCUT2D eigenvalue weighted by Gasteiger charge is 2.09. The van der Waals surface area contributed by atoms with Crippen molar-refractivity contribution in [1.82, 2.24) is 5.32 Å². The molecule has 0 heterocycles. The Morgan fingerprint density at radius 2 is 2.21 bits per heavy atom. The maximum absolute atomic E-state index is 11.3. The summed E-state index contributed by atoms with van der Waals surface area (Å²) < 4.78 is 0. The van der Waals surface area contributed by atoms with Crippen LogP contribution < -0.4 is 5.32 Å². The molecule has 0 rings (SSSR count). The van der Waals surface area contributed by atoms with Gasteiger partial charge in [0, 0.05) is 12.1 Å². The lowest BCUT2D eigenvalue weighted by Crippen LogP contribution is -2.32. The highest BCUT2D eigenvalue weighted by Crippen LogP contribution is 1.98. The molecule has 1 unspecified atom stereocenters. The minimum atomic E-state index is 0.0671. The van der Waals surface area contributed by atoms with Gasteiger partial charge < -0.3 is 5.32 Å². The van der Waals surface area contributed by atoms with Crippen LogP contribution in [-0.4, -0.2) is 24.4 Å². The van der Waals surface area contributed by atoms with E-state index in [1.807, 2.05) is 20.8 Å². The molecule has 14 heavy (non-hydrogen) atoms. The third-order valence-electron chi connectivity index (χ3n) is 1.92. The van der Waals surface area contributed by atoms with Gasteiger partial charge in [0.2, 0.25) is 5.91 Å². The second-order valence-electron chi connectivity index (χ2n) is 3.24. The Labute approximate surface area is 85.5 Å². The second-order valence-corrected chi connectivity index (χ2v) is 3.24. The first kappa shape index (κ1) is 12.8.